The van der Waals surface area contributed by atoms with E-state index in [2.05, 4.69) is 15.9 Å². The van der Waals surface area contributed by atoms with Crippen molar-refractivity contribution >= 4 is 21.8 Å². The van der Waals surface area contributed by atoms with Crippen molar-refractivity contribution in [2.45, 2.75) is 25.9 Å². The van der Waals surface area contributed by atoms with Crippen LogP contribution in [0.1, 0.15) is 19.8 Å². The van der Waals surface area contributed by atoms with Crippen LogP contribution in [0.3, 0.4) is 0 Å². The molecule has 1 saturated heterocycles. The van der Waals surface area contributed by atoms with E-state index in [0.717, 1.165) is 18.9 Å². The minimum absolute atomic E-state index is 0.197. The van der Waals surface area contributed by atoms with Crippen molar-refractivity contribution < 1.29 is 18.3 Å². The van der Waals surface area contributed by atoms with Crippen LogP contribution in [0.5, 0.6) is 5.75 Å². The molecule has 0 spiro atoms. The number of nitrogens with zero attached hydrogens (tertiary/aromatic N) is 1. The summed E-state index contributed by atoms with van der Waals surface area (Å²) in [5.74, 6) is -2.54. The standard InChI is InChI=1S/C13H14BrF2NO2/c1-8(13(18)17-4-2-3-5-17)19-11-7-9(14)6-10(15)12(11)16/h6-8H,2-5H2,1H3. The predicted octanol–water partition coefficient (Wildman–Crippen LogP) is 3.12. The summed E-state index contributed by atoms with van der Waals surface area (Å²) in [4.78, 5) is 13.7. The number of rotatable bonds is 3. The number of ether oxygens (including phenoxy) is 1. The largest absolute Gasteiger partial charge is 0.478 e. The molecule has 0 radical (unpaired) electrons. The molecule has 1 fully saturated rings. The van der Waals surface area contributed by atoms with Crippen LogP contribution in [0.2, 0.25) is 0 Å². The van der Waals surface area contributed by atoms with Gasteiger partial charge in [0.2, 0.25) is 5.82 Å². The molecule has 6 heteroatoms. The van der Waals surface area contributed by atoms with Gasteiger partial charge >= 0.3 is 0 Å². The average Bonchev–Trinajstić information content (AvgIpc) is 2.88. The van der Waals surface area contributed by atoms with Crippen molar-refractivity contribution in [1.82, 2.24) is 4.90 Å². The van der Waals surface area contributed by atoms with Crippen molar-refractivity contribution in [2.24, 2.45) is 0 Å². The molecular weight excluding hydrogens is 320 g/mol. The quantitative estimate of drug-likeness (QED) is 0.795. The lowest BCUT2D eigenvalue weighted by atomic mass is 10.3. The molecule has 1 atom stereocenters. The zero-order chi connectivity index (χ0) is 14.0. The molecule has 19 heavy (non-hydrogen) atoms. The van der Waals surface area contributed by atoms with E-state index >= 15 is 0 Å². The number of carbonyl (C=O) groups is 1. The van der Waals surface area contributed by atoms with Gasteiger partial charge in [0.15, 0.2) is 17.7 Å². The Bertz CT molecular complexity index is 490. The van der Waals surface area contributed by atoms with Gasteiger partial charge in [-0.3, -0.25) is 4.79 Å². The number of amides is 1. The maximum atomic E-state index is 13.5. The Morgan fingerprint density at radius 1 is 1.37 bits per heavy atom. The highest BCUT2D eigenvalue weighted by Gasteiger charge is 2.25. The normalized spacial score (nSPS) is 16.5. The summed E-state index contributed by atoms with van der Waals surface area (Å²) >= 11 is 3.06. The highest BCUT2D eigenvalue weighted by molar-refractivity contribution is 9.10. The maximum absolute atomic E-state index is 13.5. The van der Waals surface area contributed by atoms with Gasteiger partial charge in [-0.25, -0.2) is 4.39 Å². The Balaban J connectivity index is 2.10. The van der Waals surface area contributed by atoms with E-state index in [1.807, 2.05) is 0 Å². The van der Waals surface area contributed by atoms with Crippen LogP contribution in [0, 0.1) is 11.6 Å². The van der Waals surface area contributed by atoms with Gasteiger partial charge in [0, 0.05) is 17.6 Å². The number of hydrogen-bond donors (Lipinski definition) is 0. The fourth-order valence-corrected chi connectivity index (χ4v) is 2.46. The Kier molecular flexibility index (Phi) is 4.39. The van der Waals surface area contributed by atoms with E-state index < -0.39 is 17.7 Å². The van der Waals surface area contributed by atoms with Gasteiger partial charge in [-0.15, -0.1) is 0 Å². The molecular formula is C13H14BrF2NO2. The monoisotopic (exact) mass is 333 g/mol. The Morgan fingerprint density at radius 3 is 2.63 bits per heavy atom. The summed E-state index contributed by atoms with van der Waals surface area (Å²) in [5, 5.41) is 0. The second-order valence-electron chi connectivity index (χ2n) is 4.49. The van der Waals surface area contributed by atoms with Gasteiger partial charge in [0.05, 0.1) is 0 Å². The second-order valence-corrected chi connectivity index (χ2v) is 5.41. The van der Waals surface area contributed by atoms with Gasteiger partial charge in [-0.2, -0.15) is 4.39 Å². The van der Waals surface area contributed by atoms with E-state index in [9.17, 15) is 13.6 Å². The molecule has 1 aromatic carbocycles. The Hall–Kier alpha value is -1.17. The average molecular weight is 334 g/mol. The molecule has 1 unspecified atom stereocenters. The summed E-state index contributed by atoms with van der Waals surface area (Å²) in [6.45, 7) is 2.93. The molecule has 1 aliphatic rings. The molecule has 3 nitrogen and oxygen atoms in total. The molecule has 0 aliphatic carbocycles. The van der Waals surface area contributed by atoms with Crippen LogP contribution in [0.25, 0.3) is 0 Å². The highest BCUT2D eigenvalue weighted by Crippen LogP contribution is 2.26. The number of halogens is 3. The van der Waals surface area contributed by atoms with Crippen molar-refractivity contribution in [3.05, 3.63) is 28.2 Å². The minimum atomic E-state index is -1.08. The first-order chi connectivity index (χ1) is 8.99. The van der Waals surface area contributed by atoms with Gasteiger partial charge in [-0.1, -0.05) is 15.9 Å². The molecule has 1 aromatic rings. The Morgan fingerprint density at radius 2 is 2.00 bits per heavy atom. The fraction of sp³-hybridized carbons (Fsp3) is 0.462. The van der Waals surface area contributed by atoms with Crippen molar-refractivity contribution in [1.29, 1.82) is 0 Å². The van der Waals surface area contributed by atoms with Crippen LogP contribution in [-0.2, 0) is 4.79 Å². The molecule has 1 aliphatic heterocycles. The number of benzene rings is 1. The smallest absolute Gasteiger partial charge is 0.263 e. The summed E-state index contributed by atoms with van der Waals surface area (Å²) in [6, 6.07) is 2.32. The van der Waals surface area contributed by atoms with Crippen molar-refractivity contribution in [2.75, 3.05) is 13.1 Å². The lowest BCUT2D eigenvalue weighted by Gasteiger charge is -2.21. The van der Waals surface area contributed by atoms with Crippen LogP contribution in [0.15, 0.2) is 16.6 Å². The highest BCUT2D eigenvalue weighted by atomic mass is 79.9. The SMILES string of the molecule is CC(Oc1cc(Br)cc(F)c1F)C(=O)N1CCCC1. The van der Waals surface area contributed by atoms with Crippen LogP contribution in [0.4, 0.5) is 8.78 Å². The first kappa shape index (κ1) is 14.2. The van der Waals surface area contributed by atoms with E-state index in [0.29, 0.717) is 17.6 Å². The number of hydrogen-bond acceptors (Lipinski definition) is 2. The summed E-state index contributed by atoms with van der Waals surface area (Å²) in [7, 11) is 0. The molecule has 0 N–H and O–H groups in total. The summed E-state index contributed by atoms with van der Waals surface area (Å²) < 4.78 is 32.4. The van der Waals surface area contributed by atoms with Gasteiger partial charge in [-0.05, 0) is 31.9 Å². The van der Waals surface area contributed by atoms with Gasteiger partial charge in [0.1, 0.15) is 0 Å². The van der Waals surface area contributed by atoms with Gasteiger partial charge < -0.3 is 9.64 Å². The summed E-state index contributed by atoms with van der Waals surface area (Å²) in [6.07, 6.45) is 1.11. The summed E-state index contributed by atoms with van der Waals surface area (Å²) in [5.41, 5.74) is 0. The number of carbonyl (C=O) groups excluding carboxylic acids is 1. The molecule has 1 heterocycles. The van der Waals surface area contributed by atoms with E-state index in [1.54, 1.807) is 11.8 Å². The van der Waals surface area contributed by atoms with E-state index in [1.165, 1.54) is 6.07 Å². The molecule has 104 valence electrons. The van der Waals surface area contributed by atoms with Crippen LogP contribution in [-0.4, -0.2) is 30.0 Å². The third kappa shape index (κ3) is 3.23. The van der Waals surface area contributed by atoms with E-state index in [4.69, 9.17) is 4.74 Å². The molecule has 2 rings (SSSR count). The molecule has 1 amide bonds. The third-order valence-corrected chi connectivity index (χ3v) is 3.49. The zero-order valence-electron chi connectivity index (χ0n) is 10.5. The second kappa shape index (κ2) is 5.86. The lowest BCUT2D eigenvalue weighted by molar-refractivity contribution is -0.136. The maximum Gasteiger partial charge on any atom is 0.263 e. The van der Waals surface area contributed by atoms with Crippen LogP contribution < -0.4 is 4.74 Å². The minimum Gasteiger partial charge on any atom is -0.478 e. The topological polar surface area (TPSA) is 29.5 Å². The molecule has 0 saturated carbocycles. The number of likely N-dealkylation sites (tertiary alicyclic amines) is 1. The van der Waals surface area contributed by atoms with Crippen LogP contribution >= 0.6 is 15.9 Å². The van der Waals surface area contributed by atoms with E-state index in [-0.39, 0.29) is 11.7 Å². The van der Waals surface area contributed by atoms with Gasteiger partial charge in [0.25, 0.3) is 5.91 Å². The van der Waals surface area contributed by atoms with Crippen molar-refractivity contribution in [3.63, 3.8) is 0 Å². The Labute approximate surface area is 118 Å². The third-order valence-electron chi connectivity index (χ3n) is 3.03. The first-order valence-electron chi connectivity index (χ1n) is 6.09. The lowest BCUT2D eigenvalue weighted by Crippen LogP contribution is -2.38. The molecule has 0 aromatic heterocycles. The predicted molar refractivity (Wildman–Crippen MR) is 70.0 cm³/mol. The molecule has 0 bridgehead atoms. The zero-order valence-corrected chi connectivity index (χ0v) is 12.0. The van der Waals surface area contributed by atoms with Crippen molar-refractivity contribution in [3.8, 4) is 5.75 Å². The first-order valence-corrected chi connectivity index (χ1v) is 6.88. The fourth-order valence-electron chi connectivity index (χ4n) is 2.05.